The zero-order chi connectivity index (χ0) is 26.6. The lowest BCUT2D eigenvalue weighted by Gasteiger charge is -2.31. The van der Waals surface area contributed by atoms with Crippen LogP contribution in [0.5, 0.6) is 11.5 Å². The molecular formula is C28H23N3O6S. The molecule has 2 saturated heterocycles. The van der Waals surface area contributed by atoms with Crippen LogP contribution < -0.4 is 19.9 Å². The Morgan fingerprint density at radius 3 is 2.34 bits per heavy atom. The summed E-state index contributed by atoms with van der Waals surface area (Å²) in [5, 5.41) is 12.0. The highest BCUT2D eigenvalue weighted by atomic mass is 32.1. The quantitative estimate of drug-likeness (QED) is 0.282. The number of thiocarbonyl (C=S) groups is 1. The lowest BCUT2D eigenvalue weighted by molar-refractivity contribution is -0.122. The van der Waals surface area contributed by atoms with Crippen molar-refractivity contribution in [2.45, 2.75) is 0 Å². The number of carbonyl (C=O) groups is 3. The fourth-order valence-electron chi connectivity index (χ4n) is 4.23. The maximum atomic E-state index is 13.6. The Morgan fingerprint density at radius 1 is 0.974 bits per heavy atom. The summed E-state index contributed by atoms with van der Waals surface area (Å²) in [5.74, 6) is -1.16. The average molecular weight is 530 g/mol. The van der Waals surface area contributed by atoms with Crippen molar-refractivity contribution in [1.29, 1.82) is 0 Å². The molecule has 2 N–H and O–H groups in total. The number of carbonyl (C=O) groups excluding carboxylic acids is 2. The number of ether oxygens (including phenoxy) is 2. The van der Waals surface area contributed by atoms with E-state index in [1.54, 1.807) is 30.3 Å². The molecule has 2 fully saturated rings. The van der Waals surface area contributed by atoms with Crippen LogP contribution in [0.2, 0.25) is 0 Å². The van der Waals surface area contributed by atoms with E-state index in [0.717, 1.165) is 0 Å². The molecule has 0 bridgehead atoms. The van der Waals surface area contributed by atoms with E-state index in [9.17, 15) is 19.5 Å². The minimum atomic E-state index is -1.11. The number of rotatable bonds is 6. The lowest BCUT2D eigenvalue weighted by atomic mass is 10.0. The lowest BCUT2D eigenvalue weighted by Crippen LogP contribution is -2.54. The molecule has 3 aromatic rings. The third-order valence-corrected chi connectivity index (χ3v) is 6.39. The van der Waals surface area contributed by atoms with Crippen molar-refractivity contribution in [2.75, 3.05) is 36.1 Å². The third-order valence-electron chi connectivity index (χ3n) is 6.10. The molecule has 0 radical (unpaired) electrons. The Balaban J connectivity index is 1.47. The van der Waals surface area contributed by atoms with Gasteiger partial charge in [-0.3, -0.25) is 19.8 Å². The summed E-state index contributed by atoms with van der Waals surface area (Å²) in [6.45, 7) is 2.22. The van der Waals surface area contributed by atoms with E-state index in [1.165, 1.54) is 23.1 Å². The smallest absolute Gasteiger partial charge is 0.335 e. The summed E-state index contributed by atoms with van der Waals surface area (Å²) in [6.07, 6.45) is 1.41. The molecule has 0 aliphatic carbocycles. The largest absolute Gasteiger partial charge is 0.478 e. The predicted molar refractivity (Wildman–Crippen MR) is 146 cm³/mol. The van der Waals surface area contributed by atoms with Gasteiger partial charge in [0.15, 0.2) is 5.11 Å². The van der Waals surface area contributed by atoms with Crippen LogP contribution in [-0.4, -0.2) is 54.3 Å². The van der Waals surface area contributed by atoms with Crippen molar-refractivity contribution < 1.29 is 29.0 Å². The maximum Gasteiger partial charge on any atom is 0.335 e. The Labute approximate surface area is 223 Å². The summed E-state index contributed by atoms with van der Waals surface area (Å²) in [4.78, 5) is 41.3. The van der Waals surface area contributed by atoms with Gasteiger partial charge in [0.05, 0.1) is 24.5 Å². The first kappa shape index (κ1) is 25.1. The molecule has 2 aliphatic rings. The van der Waals surface area contributed by atoms with Crippen LogP contribution >= 0.6 is 12.2 Å². The zero-order valence-electron chi connectivity index (χ0n) is 20.1. The molecule has 0 unspecified atom stereocenters. The normalized spacial score (nSPS) is 16.9. The van der Waals surface area contributed by atoms with E-state index in [2.05, 4.69) is 5.32 Å². The number of carboxylic acids is 1. The Bertz CT molecular complexity index is 1430. The summed E-state index contributed by atoms with van der Waals surface area (Å²) in [7, 11) is 0. The molecule has 0 saturated carbocycles. The van der Waals surface area contributed by atoms with Crippen LogP contribution in [0.3, 0.4) is 0 Å². The van der Waals surface area contributed by atoms with Crippen molar-refractivity contribution in [3.8, 4) is 11.5 Å². The van der Waals surface area contributed by atoms with Crippen molar-refractivity contribution >= 4 is 52.6 Å². The second kappa shape index (κ2) is 10.8. The molecule has 3 aromatic carbocycles. The maximum absolute atomic E-state index is 13.6. The number of hydrogen-bond donors (Lipinski definition) is 2. The van der Waals surface area contributed by atoms with Crippen LogP contribution in [0.1, 0.15) is 15.9 Å². The summed E-state index contributed by atoms with van der Waals surface area (Å²) < 4.78 is 11.2. The number of benzene rings is 3. The summed E-state index contributed by atoms with van der Waals surface area (Å²) >= 11 is 5.32. The molecule has 2 aliphatic heterocycles. The number of anilines is 2. The van der Waals surface area contributed by atoms with Crippen molar-refractivity contribution in [3.05, 3.63) is 89.5 Å². The van der Waals surface area contributed by atoms with Gasteiger partial charge in [0.25, 0.3) is 11.8 Å². The van der Waals surface area contributed by atoms with Crippen LogP contribution in [0.15, 0.2) is 78.4 Å². The van der Waals surface area contributed by atoms with Gasteiger partial charge in [-0.2, -0.15) is 0 Å². The number of morpholine rings is 1. The number of para-hydroxylation sites is 1. The minimum Gasteiger partial charge on any atom is -0.478 e. The molecule has 2 amide bonds. The third kappa shape index (κ3) is 5.26. The number of carboxylic acid groups (broad SMARTS) is 1. The predicted octanol–water partition coefficient (Wildman–Crippen LogP) is 3.85. The molecule has 5 rings (SSSR count). The van der Waals surface area contributed by atoms with Gasteiger partial charge in [-0.25, -0.2) is 4.79 Å². The fourth-order valence-corrected chi connectivity index (χ4v) is 4.51. The van der Waals surface area contributed by atoms with E-state index in [0.29, 0.717) is 54.7 Å². The van der Waals surface area contributed by atoms with Crippen LogP contribution in [0, 0.1) is 0 Å². The van der Waals surface area contributed by atoms with Crippen LogP contribution in [0.4, 0.5) is 11.4 Å². The summed E-state index contributed by atoms with van der Waals surface area (Å²) in [5.41, 5.74) is 1.45. The van der Waals surface area contributed by atoms with Crippen molar-refractivity contribution in [3.63, 3.8) is 0 Å². The van der Waals surface area contributed by atoms with E-state index < -0.39 is 17.8 Å². The number of hydrogen-bond acceptors (Lipinski definition) is 7. The first-order valence-electron chi connectivity index (χ1n) is 11.9. The van der Waals surface area contributed by atoms with E-state index in [4.69, 9.17) is 21.7 Å². The molecule has 192 valence electrons. The van der Waals surface area contributed by atoms with Crippen molar-refractivity contribution in [1.82, 2.24) is 5.32 Å². The molecular weight excluding hydrogens is 506 g/mol. The van der Waals surface area contributed by atoms with Crippen LogP contribution in [-0.2, 0) is 14.3 Å². The van der Waals surface area contributed by atoms with E-state index in [-0.39, 0.29) is 16.2 Å². The number of nitrogens with zero attached hydrogens (tertiary/aromatic N) is 2. The van der Waals surface area contributed by atoms with Gasteiger partial charge in [-0.1, -0.05) is 18.2 Å². The molecule has 10 heteroatoms. The molecule has 2 heterocycles. The zero-order valence-corrected chi connectivity index (χ0v) is 20.9. The first-order chi connectivity index (χ1) is 18.4. The number of nitrogens with one attached hydrogen (secondary N) is 1. The van der Waals surface area contributed by atoms with Gasteiger partial charge in [-0.05, 0) is 78.5 Å². The average Bonchev–Trinajstić information content (AvgIpc) is 2.93. The standard InChI is InChI=1S/C28H23N3O6S/c32-25-23(17-19-16-18(27(34)35)6-11-24(19)30-12-14-36-15-13-30)26(33)31(28(38)29-25)20-7-9-22(10-8-20)37-21-4-2-1-3-5-21/h1-11,16-17H,12-15H2,(H,34,35)(H,29,32,38). The Morgan fingerprint density at radius 2 is 1.66 bits per heavy atom. The fraction of sp³-hybridized carbons (Fsp3) is 0.143. The van der Waals surface area contributed by atoms with Crippen LogP contribution in [0.25, 0.3) is 6.08 Å². The number of amides is 2. The van der Waals surface area contributed by atoms with Gasteiger partial charge < -0.3 is 19.5 Å². The van der Waals surface area contributed by atoms with Gasteiger partial charge >= 0.3 is 5.97 Å². The Kier molecular flexibility index (Phi) is 7.16. The van der Waals surface area contributed by atoms with E-state index in [1.807, 2.05) is 35.2 Å². The molecule has 9 nitrogen and oxygen atoms in total. The summed E-state index contributed by atoms with van der Waals surface area (Å²) in [6, 6.07) is 20.6. The topological polar surface area (TPSA) is 108 Å². The monoisotopic (exact) mass is 529 g/mol. The Hall–Kier alpha value is -4.54. The number of aromatic carboxylic acids is 1. The highest BCUT2D eigenvalue weighted by Crippen LogP contribution is 2.30. The van der Waals surface area contributed by atoms with Gasteiger partial charge in [0, 0.05) is 18.8 Å². The molecule has 0 aromatic heterocycles. The highest BCUT2D eigenvalue weighted by molar-refractivity contribution is 7.80. The molecule has 38 heavy (non-hydrogen) atoms. The second-order valence-electron chi connectivity index (χ2n) is 8.55. The minimum absolute atomic E-state index is 0.0407. The highest BCUT2D eigenvalue weighted by Gasteiger charge is 2.35. The van der Waals surface area contributed by atoms with Gasteiger partial charge in [0.2, 0.25) is 0 Å². The second-order valence-corrected chi connectivity index (χ2v) is 8.93. The molecule has 0 spiro atoms. The first-order valence-corrected chi connectivity index (χ1v) is 12.3. The van der Waals surface area contributed by atoms with E-state index >= 15 is 0 Å². The van der Waals surface area contributed by atoms with Crippen molar-refractivity contribution in [2.24, 2.45) is 0 Å². The molecule has 0 atom stereocenters. The SMILES string of the molecule is O=C1NC(=S)N(c2ccc(Oc3ccccc3)cc2)C(=O)C1=Cc1cc(C(=O)O)ccc1N1CCOCC1. The van der Waals surface area contributed by atoms with Gasteiger partial charge in [0.1, 0.15) is 17.1 Å². The van der Waals surface area contributed by atoms with Gasteiger partial charge in [-0.15, -0.1) is 0 Å².